The fraction of sp³-hybridized carbons (Fsp3) is 0. The van der Waals surface area contributed by atoms with Crippen molar-refractivity contribution in [1.82, 2.24) is 4.98 Å². The summed E-state index contributed by atoms with van der Waals surface area (Å²) in [6.07, 6.45) is 0. The number of hydrogen-bond acceptors (Lipinski definition) is 5. The summed E-state index contributed by atoms with van der Waals surface area (Å²) in [6.45, 7) is 0. The van der Waals surface area contributed by atoms with Gasteiger partial charge in [0.2, 0.25) is 0 Å². The molecule has 1 aromatic heterocycles. The summed E-state index contributed by atoms with van der Waals surface area (Å²) in [6, 6.07) is 3.87. The van der Waals surface area contributed by atoms with Gasteiger partial charge in [0.05, 0.1) is 16.5 Å². The fourth-order valence-electron chi connectivity index (χ4n) is 1.28. The van der Waals surface area contributed by atoms with Crippen molar-refractivity contribution in [2.45, 2.75) is 0 Å². The minimum absolute atomic E-state index is 0.0405. The Bertz CT molecular complexity index is 603. The van der Waals surface area contributed by atoms with Crippen molar-refractivity contribution >= 4 is 22.9 Å². The first kappa shape index (κ1) is 9.20. The molecule has 6 nitrogen and oxygen atoms in total. The molecule has 0 unspecified atom stereocenters. The minimum Gasteiger partial charge on any atom is -0.478 e. The predicted molar refractivity (Wildman–Crippen MR) is 51.7 cm³/mol. The third kappa shape index (κ3) is 1.41. The van der Waals surface area contributed by atoms with Crippen LogP contribution in [0, 0.1) is 0 Å². The highest BCUT2D eigenvalue weighted by atomic mass is 16.4. The van der Waals surface area contributed by atoms with Gasteiger partial charge in [0.15, 0.2) is 0 Å². The van der Waals surface area contributed by atoms with E-state index < -0.39 is 11.6 Å². The van der Waals surface area contributed by atoms with E-state index in [1.165, 1.54) is 18.2 Å². The molecule has 0 aliphatic carbocycles. The zero-order chi connectivity index (χ0) is 11.0. The number of nitrogens with two attached hydrogens (primary N) is 1. The molecule has 6 heteroatoms. The van der Waals surface area contributed by atoms with Crippen molar-refractivity contribution in [3.05, 3.63) is 34.2 Å². The summed E-state index contributed by atoms with van der Waals surface area (Å²) in [5.41, 5.74) is 4.49. The predicted octanol–water partition coefficient (Wildman–Crippen LogP) is 0.468. The standard InChI is InChI=1S/C9H6N2O4/c10-9-11-6-4(7(12)13)2-1-3-5(6)8(14)15-9/h1-3H,(H2,10,11)(H,12,13). The van der Waals surface area contributed by atoms with Gasteiger partial charge in [-0.1, -0.05) is 6.07 Å². The molecule has 2 aromatic rings. The lowest BCUT2D eigenvalue weighted by Gasteiger charge is -2.00. The number of anilines is 1. The Morgan fingerprint density at radius 1 is 1.47 bits per heavy atom. The zero-order valence-corrected chi connectivity index (χ0v) is 7.43. The first-order chi connectivity index (χ1) is 7.09. The van der Waals surface area contributed by atoms with Gasteiger partial charge in [-0.2, -0.15) is 4.98 Å². The maximum Gasteiger partial charge on any atom is 0.348 e. The highest BCUT2D eigenvalue weighted by Gasteiger charge is 2.12. The van der Waals surface area contributed by atoms with Crippen molar-refractivity contribution in [3.8, 4) is 0 Å². The van der Waals surface area contributed by atoms with Crippen molar-refractivity contribution in [2.75, 3.05) is 5.73 Å². The van der Waals surface area contributed by atoms with Crippen LogP contribution in [0.25, 0.3) is 10.9 Å². The van der Waals surface area contributed by atoms with Gasteiger partial charge in [-0.05, 0) is 12.1 Å². The molecule has 76 valence electrons. The lowest BCUT2D eigenvalue weighted by molar-refractivity contribution is 0.0699. The van der Waals surface area contributed by atoms with E-state index in [0.717, 1.165) is 0 Å². The molecule has 0 amide bonds. The van der Waals surface area contributed by atoms with Crippen LogP contribution in [0.1, 0.15) is 10.4 Å². The van der Waals surface area contributed by atoms with Crippen molar-refractivity contribution in [1.29, 1.82) is 0 Å². The number of hydrogen-bond donors (Lipinski definition) is 2. The number of rotatable bonds is 1. The normalized spacial score (nSPS) is 10.4. The average molecular weight is 206 g/mol. The van der Waals surface area contributed by atoms with E-state index in [9.17, 15) is 9.59 Å². The molecule has 3 N–H and O–H groups in total. The molecule has 0 saturated heterocycles. The smallest absolute Gasteiger partial charge is 0.348 e. The van der Waals surface area contributed by atoms with E-state index in [1.54, 1.807) is 0 Å². The van der Waals surface area contributed by atoms with Crippen LogP contribution in [0.5, 0.6) is 0 Å². The van der Waals surface area contributed by atoms with E-state index in [2.05, 4.69) is 9.40 Å². The number of aromatic nitrogens is 1. The lowest BCUT2D eigenvalue weighted by atomic mass is 10.1. The van der Waals surface area contributed by atoms with Crippen molar-refractivity contribution in [2.24, 2.45) is 0 Å². The number of nitrogens with zero attached hydrogens (tertiary/aromatic N) is 1. The Morgan fingerprint density at radius 2 is 2.20 bits per heavy atom. The van der Waals surface area contributed by atoms with Crippen LogP contribution in [-0.4, -0.2) is 16.1 Å². The summed E-state index contributed by atoms with van der Waals surface area (Å²) in [5.74, 6) is -1.17. The molecule has 1 aromatic carbocycles. The Hall–Kier alpha value is -2.37. The van der Waals surface area contributed by atoms with Crippen molar-refractivity contribution in [3.63, 3.8) is 0 Å². The van der Waals surface area contributed by atoms with Crippen LogP contribution in [-0.2, 0) is 0 Å². The van der Waals surface area contributed by atoms with Crippen molar-refractivity contribution < 1.29 is 14.3 Å². The van der Waals surface area contributed by atoms with Crippen LogP contribution in [0.15, 0.2) is 27.4 Å². The number of nitrogen functional groups attached to an aromatic ring is 1. The molecule has 0 spiro atoms. The largest absolute Gasteiger partial charge is 0.478 e. The second-order valence-corrected chi connectivity index (χ2v) is 2.85. The quantitative estimate of drug-likeness (QED) is 0.702. The molecule has 2 rings (SSSR count). The van der Waals surface area contributed by atoms with Crippen LogP contribution in [0.3, 0.4) is 0 Å². The first-order valence-corrected chi connectivity index (χ1v) is 4.02. The molecular weight excluding hydrogens is 200 g/mol. The van der Waals surface area contributed by atoms with Gasteiger partial charge in [0, 0.05) is 0 Å². The maximum absolute atomic E-state index is 11.3. The minimum atomic E-state index is -1.17. The molecular formula is C9H6N2O4. The molecule has 0 fully saturated rings. The molecule has 0 aliphatic heterocycles. The molecule has 15 heavy (non-hydrogen) atoms. The highest BCUT2D eigenvalue weighted by molar-refractivity contribution is 6.01. The Morgan fingerprint density at radius 3 is 2.87 bits per heavy atom. The molecule has 0 saturated carbocycles. The number of benzene rings is 1. The Labute approximate surface area is 83.0 Å². The van der Waals surface area contributed by atoms with E-state index in [-0.39, 0.29) is 22.5 Å². The molecule has 0 aliphatic rings. The molecule has 0 bridgehead atoms. The Balaban J connectivity index is 2.97. The summed E-state index contributed by atoms with van der Waals surface area (Å²) in [7, 11) is 0. The summed E-state index contributed by atoms with van der Waals surface area (Å²) < 4.78 is 4.54. The van der Waals surface area contributed by atoms with Crippen LogP contribution in [0.4, 0.5) is 6.01 Å². The fourth-order valence-corrected chi connectivity index (χ4v) is 1.28. The van der Waals surface area contributed by atoms with E-state index in [4.69, 9.17) is 10.8 Å². The average Bonchev–Trinajstić information content (AvgIpc) is 2.16. The highest BCUT2D eigenvalue weighted by Crippen LogP contribution is 2.14. The topological polar surface area (TPSA) is 106 Å². The number of carboxylic acid groups (broad SMARTS) is 1. The van der Waals surface area contributed by atoms with Gasteiger partial charge >= 0.3 is 11.6 Å². The van der Waals surface area contributed by atoms with Crippen LogP contribution < -0.4 is 11.4 Å². The molecule has 0 radical (unpaired) electrons. The number of carboxylic acids is 1. The van der Waals surface area contributed by atoms with Gasteiger partial charge in [-0.25, -0.2) is 9.59 Å². The number of carbonyl (C=O) groups is 1. The van der Waals surface area contributed by atoms with Crippen LogP contribution >= 0.6 is 0 Å². The summed E-state index contributed by atoms with van der Waals surface area (Å²) in [5, 5.41) is 8.95. The lowest BCUT2D eigenvalue weighted by Crippen LogP contribution is -2.08. The third-order valence-electron chi connectivity index (χ3n) is 1.91. The van der Waals surface area contributed by atoms with E-state index >= 15 is 0 Å². The second kappa shape index (κ2) is 3.09. The monoisotopic (exact) mass is 206 g/mol. The van der Waals surface area contributed by atoms with E-state index in [0.29, 0.717) is 0 Å². The summed E-state index contributed by atoms with van der Waals surface area (Å²) in [4.78, 5) is 25.8. The van der Waals surface area contributed by atoms with Gasteiger partial charge in [0.25, 0.3) is 6.01 Å². The molecule has 1 heterocycles. The number of fused-ring (bicyclic) bond motifs is 1. The van der Waals surface area contributed by atoms with Gasteiger partial charge < -0.3 is 15.3 Å². The molecule has 0 atom stereocenters. The van der Waals surface area contributed by atoms with Gasteiger partial charge in [-0.3, -0.25) is 0 Å². The van der Waals surface area contributed by atoms with Gasteiger partial charge in [-0.15, -0.1) is 0 Å². The number of para-hydroxylation sites is 1. The maximum atomic E-state index is 11.3. The SMILES string of the molecule is Nc1nc2c(C(=O)O)cccc2c(=O)o1. The van der Waals surface area contributed by atoms with Gasteiger partial charge in [0.1, 0.15) is 0 Å². The van der Waals surface area contributed by atoms with Crippen LogP contribution in [0.2, 0.25) is 0 Å². The van der Waals surface area contributed by atoms with E-state index in [1.807, 2.05) is 0 Å². The first-order valence-electron chi connectivity index (χ1n) is 4.02. The third-order valence-corrected chi connectivity index (χ3v) is 1.91. The zero-order valence-electron chi connectivity index (χ0n) is 7.43. The second-order valence-electron chi connectivity index (χ2n) is 2.85. The Kier molecular flexibility index (Phi) is 1.89. The summed E-state index contributed by atoms with van der Waals surface area (Å²) >= 11 is 0. The number of aromatic carboxylic acids is 1.